The molecule has 1 aliphatic heterocycles. The molecule has 2 heterocycles. The summed E-state index contributed by atoms with van der Waals surface area (Å²) in [4.78, 5) is 17.6. The first-order chi connectivity index (χ1) is 12.1. The van der Waals surface area contributed by atoms with Gasteiger partial charge in [0.05, 0.1) is 11.9 Å². The Bertz CT molecular complexity index is 649. The van der Waals surface area contributed by atoms with Gasteiger partial charge in [0.2, 0.25) is 0 Å². The predicted molar refractivity (Wildman–Crippen MR) is 96.0 cm³/mol. The van der Waals surface area contributed by atoms with Crippen molar-refractivity contribution in [2.75, 3.05) is 13.1 Å². The number of imidazole rings is 1. The van der Waals surface area contributed by atoms with E-state index in [0.717, 1.165) is 43.0 Å². The minimum atomic E-state index is -0.693. The highest BCUT2D eigenvalue weighted by molar-refractivity contribution is 5.66. The Morgan fingerprint density at radius 2 is 2.12 bits per heavy atom. The molecule has 2 aromatic rings. The van der Waals surface area contributed by atoms with Gasteiger partial charge in [-0.05, 0) is 55.6 Å². The van der Waals surface area contributed by atoms with Crippen LogP contribution in [0.1, 0.15) is 50.8 Å². The summed E-state index contributed by atoms with van der Waals surface area (Å²) in [5, 5.41) is 11.4. The third-order valence-electron chi connectivity index (χ3n) is 4.18. The van der Waals surface area contributed by atoms with E-state index in [0.29, 0.717) is 12.3 Å². The lowest BCUT2D eigenvalue weighted by atomic mass is 9.99. The number of nitrogens with one attached hydrogen (secondary N) is 2. The maximum Gasteiger partial charge on any atom is 0.303 e. The highest BCUT2D eigenvalue weighted by Crippen LogP contribution is 2.24. The minimum absolute atomic E-state index is 0.213. The van der Waals surface area contributed by atoms with Crippen molar-refractivity contribution in [3.8, 4) is 11.3 Å². The molecule has 1 aromatic heterocycles. The van der Waals surface area contributed by atoms with Gasteiger partial charge in [-0.15, -0.1) is 0 Å². The molecular formula is C19H26FN3O2. The number of carboxylic acid groups (broad SMARTS) is 1. The summed E-state index contributed by atoms with van der Waals surface area (Å²) in [6.07, 6.45) is 6.27. The van der Waals surface area contributed by atoms with Gasteiger partial charge in [-0.2, -0.15) is 0 Å². The SMILES string of the molecule is CCCCC(=O)O.Fc1ccc(-c2cnc(C3CCCNC3)[nH]2)cc1. The molecule has 0 amide bonds. The van der Waals surface area contributed by atoms with Crippen LogP contribution in [-0.2, 0) is 4.79 Å². The van der Waals surface area contributed by atoms with Gasteiger partial charge in [0, 0.05) is 18.9 Å². The monoisotopic (exact) mass is 347 g/mol. The van der Waals surface area contributed by atoms with E-state index in [-0.39, 0.29) is 5.82 Å². The number of piperidine rings is 1. The maximum atomic E-state index is 12.9. The van der Waals surface area contributed by atoms with Gasteiger partial charge in [-0.1, -0.05) is 13.3 Å². The van der Waals surface area contributed by atoms with E-state index in [2.05, 4.69) is 15.3 Å². The molecule has 1 saturated heterocycles. The number of aromatic nitrogens is 2. The molecule has 0 spiro atoms. The Kier molecular flexibility index (Phi) is 7.60. The molecule has 1 aliphatic rings. The van der Waals surface area contributed by atoms with Crippen LogP contribution < -0.4 is 5.32 Å². The normalized spacial score (nSPS) is 16.8. The summed E-state index contributed by atoms with van der Waals surface area (Å²) in [6.45, 7) is 4.06. The molecule has 1 unspecified atom stereocenters. The number of carboxylic acids is 1. The smallest absolute Gasteiger partial charge is 0.303 e. The molecule has 1 aromatic carbocycles. The quantitative estimate of drug-likeness (QED) is 0.765. The topological polar surface area (TPSA) is 78.0 Å². The molecule has 0 saturated carbocycles. The van der Waals surface area contributed by atoms with Crippen LogP contribution in [0.25, 0.3) is 11.3 Å². The van der Waals surface area contributed by atoms with E-state index in [1.165, 1.54) is 25.0 Å². The average molecular weight is 347 g/mol. The summed E-state index contributed by atoms with van der Waals surface area (Å²) >= 11 is 0. The van der Waals surface area contributed by atoms with Crippen LogP contribution in [0.15, 0.2) is 30.5 Å². The lowest BCUT2D eigenvalue weighted by molar-refractivity contribution is -0.137. The summed E-state index contributed by atoms with van der Waals surface area (Å²) in [6, 6.07) is 6.48. The zero-order valence-corrected chi connectivity index (χ0v) is 14.6. The number of hydrogen-bond donors (Lipinski definition) is 3. The van der Waals surface area contributed by atoms with Gasteiger partial charge in [0.1, 0.15) is 11.6 Å². The van der Waals surface area contributed by atoms with Crippen LogP contribution in [0.5, 0.6) is 0 Å². The molecule has 3 rings (SSSR count). The molecule has 3 N–H and O–H groups in total. The second-order valence-electron chi connectivity index (χ2n) is 6.23. The van der Waals surface area contributed by atoms with Crippen molar-refractivity contribution in [1.29, 1.82) is 0 Å². The predicted octanol–water partition coefficient (Wildman–Crippen LogP) is 3.94. The molecule has 0 radical (unpaired) electrons. The lowest BCUT2D eigenvalue weighted by Gasteiger charge is -2.20. The molecule has 1 atom stereocenters. The van der Waals surface area contributed by atoms with Crippen LogP contribution in [0.2, 0.25) is 0 Å². The van der Waals surface area contributed by atoms with Crippen molar-refractivity contribution in [1.82, 2.24) is 15.3 Å². The van der Waals surface area contributed by atoms with Crippen molar-refractivity contribution >= 4 is 5.97 Å². The van der Waals surface area contributed by atoms with Crippen LogP contribution in [0, 0.1) is 5.82 Å². The Labute approximate surface area is 147 Å². The van der Waals surface area contributed by atoms with Gasteiger partial charge >= 0.3 is 5.97 Å². The number of nitrogens with zero attached hydrogens (tertiary/aromatic N) is 1. The molecule has 0 bridgehead atoms. The van der Waals surface area contributed by atoms with Crippen LogP contribution in [0.3, 0.4) is 0 Å². The Hall–Kier alpha value is -2.21. The number of aromatic amines is 1. The zero-order valence-electron chi connectivity index (χ0n) is 14.6. The van der Waals surface area contributed by atoms with Gasteiger partial charge in [0.25, 0.3) is 0 Å². The summed E-state index contributed by atoms with van der Waals surface area (Å²) < 4.78 is 12.9. The number of benzene rings is 1. The van der Waals surface area contributed by atoms with Gasteiger partial charge in [0.15, 0.2) is 0 Å². The third-order valence-corrected chi connectivity index (χ3v) is 4.18. The molecular weight excluding hydrogens is 321 g/mol. The van der Waals surface area contributed by atoms with Gasteiger partial charge < -0.3 is 15.4 Å². The number of halogens is 1. The zero-order chi connectivity index (χ0) is 18.1. The Morgan fingerprint density at radius 1 is 1.36 bits per heavy atom. The number of unbranched alkanes of at least 4 members (excludes halogenated alkanes) is 1. The number of aliphatic carboxylic acids is 1. The Morgan fingerprint density at radius 3 is 2.68 bits per heavy atom. The van der Waals surface area contributed by atoms with Crippen LogP contribution in [0.4, 0.5) is 4.39 Å². The fraction of sp³-hybridized carbons (Fsp3) is 0.474. The molecule has 1 fully saturated rings. The fourth-order valence-corrected chi connectivity index (χ4v) is 2.73. The highest BCUT2D eigenvalue weighted by Gasteiger charge is 2.18. The first-order valence-electron chi connectivity index (χ1n) is 8.83. The minimum Gasteiger partial charge on any atom is -0.481 e. The largest absolute Gasteiger partial charge is 0.481 e. The number of H-pyrrole nitrogens is 1. The number of rotatable bonds is 5. The van der Waals surface area contributed by atoms with Gasteiger partial charge in [-0.25, -0.2) is 9.37 Å². The number of carbonyl (C=O) groups is 1. The molecule has 136 valence electrons. The number of hydrogen-bond acceptors (Lipinski definition) is 3. The first-order valence-corrected chi connectivity index (χ1v) is 8.83. The summed E-state index contributed by atoms with van der Waals surface area (Å²) in [7, 11) is 0. The standard InChI is InChI=1S/C14H16FN3.C5H10O2/c15-12-5-3-10(4-6-12)13-9-17-14(18-13)11-2-1-7-16-8-11;1-2-3-4-5(6)7/h3-6,9,11,16H,1-2,7-8H2,(H,17,18);2-4H2,1H3,(H,6,7). The first kappa shape index (κ1) is 19.1. The summed E-state index contributed by atoms with van der Waals surface area (Å²) in [5.74, 6) is 0.589. The van der Waals surface area contributed by atoms with E-state index in [1.54, 1.807) is 12.1 Å². The van der Waals surface area contributed by atoms with E-state index in [9.17, 15) is 9.18 Å². The fourth-order valence-electron chi connectivity index (χ4n) is 2.73. The van der Waals surface area contributed by atoms with Gasteiger partial charge in [-0.3, -0.25) is 4.79 Å². The van der Waals surface area contributed by atoms with Crippen LogP contribution in [-0.4, -0.2) is 34.1 Å². The lowest BCUT2D eigenvalue weighted by Crippen LogP contribution is -2.28. The average Bonchev–Trinajstić information content (AvgIpc) is 3.12. The molecule has 25 heavy (non-hydrogen) atoms. The highest BCUT2D eigenvalue weighted by atomic mass is 19.1. The second-order valence-corrected chi connectivity index (χ2v) is 6.23. The van der Waals surface area contributed by atoms with Crippen molar-refractivity contribution < 1.29 is 14.3 Å². The molecule has 5 nitrogen and oxygen atoms in total. The second kappa shape index (κ2) is 9.93. The van der Waals surface area contributed by atoms with E-state index in [4.69, 9.17) is 5.11 Å². The molecule has 0 aliphatic carbocycles. The maximum absolute atomic E-state index is 12.9. The van der Waals surface area contributed by atoms with E-state index in [1.807, 2.05) is 13.1 Å². The Balaban J connectivity index is 0.000000277. The van der Waals surface area contributed by atoms with Crippen molar-refractivity contribution in [2.24, 2.45) is 0 Å². The molecule has 6 heteroatoms. The van der Waals surface area contributed by atoms with Crippen molar-refractivity contribution in [3.05, 3.63) is 42.1 Å². The summed E-state index contributed by atoms with van der Waals surface area (Å²) in [5.41, 5.74) is 1.93. The van der Waals surface area contributed by atoms with E-state index >= 15 is 0 Å². The third kappa shape index (κ3) is 6.31. The van der Waals surface area contributed by atoms with E-state index < -0.39 is 5.97 Å². The van der Waals surface area contributed by atoms with Crippen molar-refractivity contribution in [3.63, 3.8) is 0 Å². The van der Waals surface area contributed by atoms with Crippen LogP contribution >= 0.6 is 0 Å². The van der Waals surface area contributed by atoms with Crippen molar-refractivity contribution in [2.45, 2.75) is 44.9 Å².